The molecule has 2 rings (SSSR count). The number of carbonyl (C=O) groups excluding carboxylic acids is 1. The minimum atomic E-state index is 0.111. The number of nitrogens with zero attached hydrogens (tertiary/aromatic N) is 1. The zero-order valence-corrected chi connectivity index (χ0v) is 16.2. The van der Waals surface area contributed by atoms with E-state index in [0.717, 1.165) is 29.0 Å². The van der Waals surface area contributed by atoms with Crippen molar-refractivity contribution in [2.45, 2.75) is 52.1 Å². The maximum absolute atomic E-state index is 12.4. The second-order valence-electron chi connectivity index (χ2n) is 7.24. The van der Waals surface area contributed by atoms with Crippen molar-refractivity contribution in [1.82, 2.24) is 10.2 Å². The molecule has 0 spiro atoms. The van der Waals surface area contributed by atoms with E-state index < -0.39 is 0 Å². The SMILES string of the molecule is COc1cc(C)c(CN(C)CC(=O)N[C@H]2CCCC[C@@H]2C)cc1OC. The highest BCUT2D eigenvalue weighted by Gasteiger charge is 2.23. The molecule has 0 unspecified atom stereocenters. The number of nitrogens with one attached hydrogen (secondary N) is 1. The monoisotopic (exact) mass is 348 g/mol. The van der Waals surface area contributed by atoms with Crippen LogP contribution in [-0.4, -0.2) is 44.7 Å². The third-order valence-electron chi connectivity index (χ3n) is 5.15. The molecule has 25 heavy (non-hydrogen) atoms. The lowest BCUT2D eigenvalue weighted by atomic mass is 9.86. The molecule has 1 aromatic rings. The maximum atomic E-state index is 12.4. The molecule has 1 aliphatic carbocycles. The van der Waals surface area contributed by atoms with Gasteiger partial charge in [0.2, 0.25) is 5.91 Å². The minimum Gasteiger partial charge on any atom is -0.493 e. The van der Waals surface area contributed by atoms with E-state index in [-0.39, 0.29) is 5.91 Å². The van der Waals surface area contributed by atoms with Gasteiger partial charge >= 0.3 is 0 Å². The number of hydrogen-bond acceptors (Lipinski definition) is 4. The van der Waals surface area contributed by atoms with E-state index in [4.69, 9.17) is 9.47 Å². The van der Waals surface area contributed by atoms with Crippen LogP contribution in [0.1, 0.15) is 43.7 Å². The predicted octanol–water partition coefficient (Wildman–Crippen LogP) is 3.14. The summed E-state index contributed by atoms with van der Waals surface area (Å²) in [7, 11) is 5.25. The van der Waals surface area contributed by atoms with Crippen molar-refractivity contribution in [1.29, 1.82) is 0 Å². The van der Waals surface area contributed by atoms with E-state index in [1.54, 1.807) is 14.2 Å². The smallest absolute Gasteiger partial charge is 0.234 e. The van der Waals surface area contributed by atoms with Crippen LogP contribution in [0, 0.1) is 12.8 Å². The third-order valence-corrected chi connectivity index (χ3v) is 5.15. The Morgan fingerprint density at radius 3 is 2.48 bits per heavy atom. The van der Waals surface area contributed by atoms with Crippen LogP contribution in [-0.2, 0) is 11.3 Å². The Balaban J connectivity index is 1.93. The first kappa shape index (κ1) is 19.6. The summed E-state index contributed by atoms with van der Waals surface area (Å²) in [5.41, 5.74) is 2.27. The number of likely N-dealkylation sites (N-methyl/N-ethyl adjacent to an activating group) is 1. The fourth-order valence-electron chi connectivity index (χ4n) is 3.57. The molecule has 0 heterocycles. The number of hydrogen-bond donors (Lipinski definition) is 1. The van der Waals surface area contributed by atoms with Gasteiger partial charge in [0.25, 0.3) is 0 Å². The Morgan fingerprint density at radius 2 is 1.84 bits per heavy atom. The van der Waals surface area contributed by atoms with E-state index in [2.05, 4.69) is 19.2 Å². The van der Waals surface area contributed by atoms with Gasteiger partial charge in [0.1, 0.15) is 0 Å². The zero-order valence-electron chi connectivity index (χ0n) is 16.2. The summed E-state index contributed by atoms with van der Waals surface area (Å²) < 4.78 is 10.7. The van der Waals surface area contributed by atoms with Crippen molar-refractivity contribution in [2.75, 3.05) is 27.8 Å². The topological polar surface area (TPSA) is 50.8 Å². The average molecular weight is 348 g/mol. The molecule has 1 fully saturated rings. The van der Waals surface area contributed by atoms with E-state index >= 15 is 0 Å². The van der Waals surface area contributed by atoms with E-state index in [1.165, 1.54) is 19.3 Å². The summed E-state index contributed by atoms with van der Waals surface area (Å²) in [4.78, 5) is 14.4. The van der Waals surface area contributed by atoms with Gasteiger partial charge in [-0.15, -0.1) is 0 Å². The lowest BCUT2D eigenvalue weighted by Gasteiger charge is -2.30. The Kier molecular flexibility index (Phi) is 7.12. The number of rotatable bonds is 7. The number of ether oxygens (including phenoxy) is 2. The molecule has 0 aliphatic heterocycles. The maximum Gasteiger partial charge on any atom is 0.234 e. The average Bonchev–Trinajstić information content (AvgIpc) is 2.58. The van der Waals surface area contributed by atoms with Gasteiger partial charge in [-0.2, -0.15) is 0 Å². The number of amides is 1. The van der Waals surface area contributed by atoms with Crippen molar-refractivity contribution in [3.63, 3.8) is 0 Å². The molecule has 5 nitrogen and oxygen atoms in total. The molecular weight excluding hydrogens is 316 g/mol. The Bertz CT molecular complexity index is 589. The lowest BCUT2D eigenvalue weighted by molar-refractivity contribution is -0.123. The largest absolute Gasteiger partial charge is 0.493 e. The van der Waals surface area contributed by atoms with Gasteiger partial charge in [-0.3, -0.25) is 9.69 Å². The molecule has 1 amide bonds. The van der Waals surface area contributed by atoms with Crippen molar-refractivity contribution in [3.05, 3.63) is 23.3 Å². The normalized spacial score (nSPS) is 20.4. The van der Waals surface area contributed by atoms with Crippen molar-refractivity contribution < 1.29 is 14.3 Å². The van der Waals surface area contributed by atoms with Gasteiger partial charge in [0.05, 0.1) is 20.8 Å². The van der Waals surface area contributed by atoms with Crippen LogP contribution in [0.2, 0.25) is 0 Å². The first-order chi connectivity index (χ1) is 11.9. The molecule has 1 N–H and O–H groups in total. The van der Waals surface area contributed by atoms with Crippen LogP contribution < -0.4 is 14.8 Å². The van der Waals surface area contributed by atoms with E-state index in [1.807, 2.05) is 24.1 Å². The van der Waals surface area contributed by atoms with Crippen molar-refractivity contribution >= 4 is 5.91 Å². The summed E-state index contributed by atoms with van der Waals surface area (Å²) in [5.74, 6) is 2.14. The van der Waals surface area contributed by atoms with Crippen molar-refractivity contribution in [3.8, 4) is 11.5 Å². The van der Waals surface area contributed by atoms with Crippen LogP contribution in [0.25, 0.3) is 0 Å². The highest BCUT2D eigenvalue weighted by atomic mass is 16.5. The molecule has 140 valence electrons. The third kappa shape index (κ3) is 5.36. The molecule has 0 aromatic heterocycles. The number of benzene rings is 1. The molecule has 0 radical (unpaired) electrons. The van der Waals surface area contributed by atoms with Gasteiger partial charge in [0.15, 0.2) is 11.5 Å². The fourth-order valence-corrected chi connectivity index (χ4v) is 3.57. The standard InChI is InChI=1S/C20H32N2O3/c1-14-8-6-7-9-17(14)21-20(23)13-22(3)12-16-11-19(25-5)18(24-4)10-15(16)2/h10-11,14,17H,6-9,12-13H2,1-5H3,(H,21,23)/t14-,17-/m0/s1. The summed E-state index contributed by atoms with van der Waals surface area (Å²) >= 11 is 0. The quantitative estimate of drug-likeness (QED) is 0.822. The number of carbonyl (C=O) groups is 1. The van der Waals surface area contributed by atoms with Gasteiger partial charge < -0.3 is 14.8 Å². The fraction of sp³-hybridized carbons (Fsp3) is 0.650. The highest BCUT2D eigenvalue weighted by molar-refractivity contribution is 5.78. The Labute approximate surface area is 151 Å². The molecule has 5 heteroatoms. The molecule has 0 saturated heterocycles. The summed E-state index contributed by atoms with van der Waals surface area (Å²) in [6.45, 7) is 5.38. The lowest BCUT2D eigenvalue weighted by Crippen LogP contribution is -2.44. The van der Waals surface area contributed by atoms with Crippen LogP contribution in [0.3, 0.4) is 0 Å². The minimum absolute atomic E-state index is 0.111. The van der Waals surface area contributed by atoms with Crippen LogP contribution in [0.4, 0.5) is 0 Å². The van der Waals surface area contributed by atoms with Gasteiger partial charge in [0, 0.05) is 12.6 Å². The Morgan fingerprint density at radius 1 is 1.20 bits per heavy atom. The molecule has 0 bridgehead atoms. The zero-order chi connectivity index (χ0) is 18.4. The second-order valence-corrected chi connectivity index (χ2v) is 7.24. The molecule has 1 aliphatic rings. The van der Waals surface area contributed by atoms with Crippen LogP contribution in [0.5, 0.6) is 11.5 Å². The number of methoxy groups -OCH3 is 2. The van der Waals surface area contributed by atoms with Crippen LogP contribution >= 0.6 is 0 Å². The van der Waals surface area contributed by atoms with Crippen LogP contribution in [0.15, 0.2) is 12.1 Å². The van der Waals surface area contributed by atoms with E-state index in [9.17, 15) is 4.79 Å². The molecule has 1 aromatic carbocycles. The Hall–Kier alpha value is -1.75. The summed E-state index contributed by atoms with van der Waals surface area (Å²) in [6, 6.07) is 4.30. The summed E-state index contributed by atoms with van der Waals surface area (Å²) in [6.07, 6.45) is 4.82. The molecule has 1 saturated carbocycles. The second kappa shape index (κ2) is 9.09. The first-order valence-corrected chi connectivity index (χ1v) is 9.14. The molecule has 2 atom stereocenters. The number of aryl methyl sites for hydroxylation is 1. The van der Waals surface area contributed by atoms with Gasteiger partial charge in [-0.05, 0) is 56.0 Å². The first-order valence-electron chi connectivity index (χ1n) is 9.14. The van der Waals surface area contributed by atoms with Gasteiger partial charge in [-0.1, -0.05) is 19.8 Å². The van der Waals surface area contributed by atoms with Gasteiger partial charge in [-0.25, -0.2) is 0 Å². The summed E-state index contributed by atoms with van der Waals surface area (Å²) in [5, 5.41) is 3.22. The van der Waals surface area contributed by atoms with Crippen molar-refractivity contribution in [2.24, 2.45) is 5.92 Å². The molecular formula is C20H32N2O3. The predicted molar refractivity (Wildman–Crippen MR) is 100 cm³/mol. The highest BCUT2D eigenvalue weighted by Crippen LogP contribution is 2.30. The van der Waals surface area contributed by atoms with E-state index in [0.29, 0.717) is 25.0 Å².